The minimum atomic E-state index is 0.756. The van der Waals surface area contributed by atoms with Crippen LogP contribution in [-0.4, -0.2) is 26.9 Å². The van der Waals surface area contributed by atoms with Gasteiger partial charge in [-0.1, -0.05) is 25.1 Å². The fourth-order valence-corrected chi connectivity index (χ4v) is 1.58. The first-order valence-corrected chi connectivity index (χ1v) is 6.28. The monoisotopic (exact) mass is 237 g/mol. The van der Waals surface area contributed by atoms with E-state index in [9.17, 15) is 0 Å². The van der Waals surface area contributed by atoms with Crippen LogP contribution in [0, 0.1) is 0 Å². The highest BCUT2D eigenvalue weighted by atomic mass is 16.5. The van der Waals surface area contributed by atoms with Crippen LogP contribution in [0.3, 0.4) is 0 Å². The minimum absolute atomic E-state index is 0.756. The van der Waals surface area contributed by atoms with Gasteiger partial charge in [0.05, 0.1) is 6.61 Å². The number of methoxy groups -OCH3 is 1. The molecule has 0 amide bonds. The maximum absolute atomic E-state index is 5.79. The first kappa shape index (κ1) is 14.0. The van der Waals surface area contributed by atoms with Crippen LogP contribution in [0.1, 0.15) is 25.3 Å². The molecule has 1 rings (SSSR count). The van der Waals surface area contributed by atoms with Crippen molar-refractivity contribution in [3.8, 4) is 5.75 Å². The molecule has 0 aliphatic carbocycles. The molecule has 1 aromatic carbocycles. The Labute approximate surface area is 104 Å². The van der Waals surface area contributed by atoms with Crippen LogP contribution in [0.4, 0.5) is 0 Å². The average molecular weight is 237 g/mol. The summed E-state index contributed by atoms with van der Waals surface area (Å²) in [6.45, 7) is 5.51. The van der Waals surface area contributed by atoms with Crippen LogP contribution in [0.5, 0.6) is 5.75 Å². The molecule has 0 heterocycles. The van der Waals surface area contributed by atoms with E-state index >= 15 is 0 Å². The number of unbranched alkanes of at least 4 members (excludes halogenated alkanes) is 1. The number of nitrogens with one attached hydrogen (secondary N) is 1. The van der Waals surface area contributed by atoms with Gasteiger partial charge < -0.3 is 14.8 Å². The van der Waals surface area contributed by atoms with Gasteiger partial charge in [0.25, 0.3) is 0 Å². The van der Waals surface area contributed by atoms with E-state index in [1.165, 1.54) is 5.56 Å². The van der Waals surface area contributed by atoms with Crippen molar-refractivity contribution in [2.45, 2.75) is 26.3 Å². The third-order valence-electron chi connectivity index (χ3n) is 2.54. The summed E-state index contributed by atoms with van der Waals surface area (Å²) in [4.78, 5) is 0. The van der Waals surface area contributed by atoms with Crippen LogP contribution >= 0.6 is 0 Å². The van der Waals surface area contributed by atoms with Crippen LogP contribution in [-0.2, 0) is 11.3 Å². The zero-order chi connectivity index (χ0) is 12.3. The molecule has 0 aliphatic rings. The Morgan fingerprint density at radius 3 is 2.65 bits per heavy atom. The molecule has 3 nitrogen and oxygen atoms in total. The highest BCUT2D eigenvalue weighted by Gasteiger charge is 2.01. The third-order valence-corrected chi connectivity index (χ3v) is 2.54. The number of hydrogen-bond donors (Lipinski definition) is 1. The SMILES string of the molecule is CCNCc1ccccc1OCCCCOC. The minimum Gasteiger partial charge on any atom is -0.493 e. The van der Waals surface area contributed by atoms with E-state index in [1.54, 1.807) is 7.11 Å². The molecule has 0 unspecified atom stereocenters. The third kappa shape index (κ3) is 5.71. The van der Waals surface area contributed by atoms with Gasteiger partial charge in [-0.15, -0.1) is 0 Å². The molecule has 0 radical (unpaired) electrons. The van der Waals surface area contributed by atoms with Gasteiger partial charge in [0.2, 0.25) is 0 Å². The van der Waals surface area contributed by atoms with Gasteiger partial charge in [-0.3, -0.25) is 0 Å². The van der Waals surface area contributed by atoms with E-state index in [-0.39, 0.29) is 0 Å². The lowest BCUT2D eigenvalue weighted by Gasteiger charge is -2.11. The summed E-state index contributed by atoms with van der Waals surface area (Å²) in [5.41, 5.74) is 1.22. The van der Waals surface area contributed by atoms with Crippen molar-refractivity contribution in [3.05, 3.63) is 29.8 Å². The number of hydrogen-bond acceptors (Lipinski definition) is 3. The first-order chi connectivity index (χ1) is 8.38. The Balaban J connectivity index is 2.35. The zero-order valence-corrected chi connectivity index (χ0v) is 10.9. The molecule has 17 heavy (non-hydrogen) atoms. The molecule has 0 aliphatic heterocycles. The average Bonchev–Trinajstić information content (AvgIpc) is 2.37. The summed E-state index contributed by atoms with van der Waals surface area (Å²) in [6.07, 6.45) is 2.08. The Hall–Kier alpha value is -1.06. The Morgan fingerprint density at radius 2 is 1.88 bits per heavy atom. The highest BCUT2D eigenvalue weighted by Crippen LogP contribution is 2.17. The molecule has 3 heteroatoms. The number of para-hydroxylation sites is 1. The van der Waals surface area contributed by atoms with Crippen molar-refractivity contribution in [2.24, 2.45) is 0 Å². The summed E-state index contributed by atoms with van der Waals surface area (Å²) in [7, 11) is 1.73. The van der Waals surface area contributed by atoms with Gasteiger partial charge in [0.15, 0.2) is 0 Å². The molecular weight excluding hydrogens is 214 g/mol. The number of rotatable bonds is 9. The summed E-state index contributed by atoms with van der Waals surface area (Å²) in [5, 5.41) is 3.32. The largest absolute Gasteiger partial charge is 0.493 e. The van der Waals surface area contributed by atoms with E-state index in [4.69, 9.17) is 9.47 Å². The molecular formula is C14H23NO2. The van der Waals surface area contributed by atoms with E-state index in [1.807, 2.05) is 18.2 Å². The lowest BCUT2D eigenvalue weighted by molar-refractivity contribution is 0.184. The van der Waals surface area contributed by atoms with Gasteiger partial charge in [-0.25, -0.2) is 0 Å². The standard InChI is InChI=1S/C14H23NO2/c1-3-15-12-13-8-4-5-9-14(13)17-11-7-6-10-16-2/h4-5,8-9,15H,3,6-7,10-12H2,1-2H3. The molecule has 0 bridgehead atoms. The molecule has 1 N–H and O–H groups in total. The van der Waals surface area contributed by atoms with E-state index in [2.05, 4.69) is 18.3 Å². The van der Waals surface area contributed by atoms with Gasteiger partial charge in [0.1, 0.15) is 5.75 Å². The van der Waals surface area contributed by atoms with Crippen molar-refractivity contribution in [1.82, 2.24) is 5.32 Å². The van der Waals surface area contributed by atoms with Gasteiger partial charge in [-0.2, -0.15) is 0 Å². The van der Waals surface area contributed by atoms with Crippen LogP contribution < -0.4 is 10.1 Å². The maximum Gasteiger partial charge on any atom is 0.123 e. The second-order valence-electron chi connectivity index (χ2n) is 3.94. The van der Waals surface area contributed by atoms with Crippen molar-refractivity contribution in [2.75, 3.05) is 26.9 Å². The molecule has 0 saturated carbocycles. The zero-order valence-electron chi connectivity index (χ0n) is 10.9. The predicted octanol–water partition coefficient (Wildman–Crippen LogP) is 2.60. The van der Waals surface area contributed by atoms with E-state index in [0.717, 1.165) is 44.9 Å². The van der Waals surface area contributed by atoms with Crippen molar-refractivity contribution in [1.29, 1.82) is 0 Å². The first-order valence-electron chi connectivity index (χ1n) is 6.28. The van der Waals surface area contributed by atoms with Crippen LogP contribution in [0.2, 0.25) is 0 Å². The molecule has 0 atom stereocenters. The number of ether oxygens (including phenoxy) is 2. The Morgan fingerprint density at radius 1 is 1.12 bits per heavy atom. The lowest BCUT2D eigenvalue weighted by Crippen LogP contribution is -2.13. The predicted molar refractivity (Wildman–Crippen MR) is 70.4 cm³/mol. The summed E-state index contributed by atoms with van der Waals surface area (Å²) < 4.78 is 10.8. The highest BCUT2D eigenvalue weighted by molar-refractivity contribution is 5.33. The molecule has 1 aromatic rings. The fraction of sp³-hybridized carbons (Fsp3) is 0.571. The Bertz CT molecular complexity index is 302. The normalized spacial score (nSPS) is 10.5. The van der Waals surface area contributed by atoms with Crippen molar-refractivity contribution in [3.63, 3.8) is 0 Å². The second kappa shape index (κ2) is 9.02. The van der Waals surface area contributed by atoms with Crippen LogP contribution in [0.15, 0.2) is 24.3 Å². The van der Waals surface area contributed by atoms with Gasteiger partial charge in [0, 0.05) is 25.8 Å². The summed E-state index contributed by atoms with van der Waals surface area (Å²) in [6, 6.07) is 8.19. The van der Waals surface area contributed by atoms with Gasteiger partial charge >= 0.3 is 0 Å². The molecule has 96 valence electrons. The van der Waals surface area contributed by atoms with E-state index < -0.39 is 0 Å². The molecule has 0 aromatic heterocycles. The van der Waals surface area contributed by atoms with Crippen molar-refractivity contribution < 1.29 is 9.47 Å². The topological polar surface area (TPSA) is 30.5 Å². The summed E-state index contributed by atoms with van der Waals surface area (Å²) in [5.74, 6) is 0.992. The summed E-state index contributed by atoms with van der Waals surface area (Å²) >= 11 is 0. The molecule has 0 spiro atoms. The lowest BCUT2D eigenvalue weighted by atomic mass is 10.2. The van der Waals surface area contributed by atoms with Crippen LogP contribution in [0.25, 0.3) is 0 Å². The molecule has 0 saturated heterocycles. The fourth-order valence-electron chi connectivity index (χ4n) is 1.58. The smallest absolute Gasteiger partial charge is 0.123 e. The number of benzene rings is 1. The molecule has 0 fully saturated rings. The Kier molecular flexibility index (Phi) is 7.43. The van der Waals surface area contributed by atoms with E-state index in [0.29, 0.717) is 0 Å². The maximum atomic E-state index is 5.79. The van der Waals surface area contributed by atoms with Gasteiger partial charge in [-0.05, 0) is 25.5 Å². The second-order valence-corrected chi connectivity index (χ2v) is 3.94. The van der Waals surface area contributed by atoms with Crippen molar-refractivity contribution >= 4 is 0 Å². The quantitative estimate of drug-likeness (QED) is 0.670.